The molecule has 90 valence electrons. The van der Waals surface area contributed by atoms with Crippen molar-refractivity contribution in [3.63, 3.8) is 0 Å². The molecule has 0 aliphatic heterocycles. The largest absolute Gasteiger partial charge is 0.492 e. The van der Waals surface area contributed by atoms with Gasteiger partial charge in [-0.2, -0.15) is 11.8 Å². The molecule has 0 fully saturated rings. The van der Waals surface area contributed by atoms with Gasteiger partial charge in [0.25, 0.3) is 0 Å². The van der Waals surface area contributed by atoms with Crippen molar-refractivity contribution in [2.45, 2.75) is 26.9 Å². The third-order valence-electron chi connectivity index (χ3n) is 2.31. The van der Waals surface area contributed by atoms with E-state index in [2.05, 4.69) is 6.92 Å². The molecule has 0 amide bonds. The molecule has 1 atom stereocenters. The number of benzene rings is 1. The highest BCUT2D eigenvalue weighted by atomic mass is 32.2. The molecule has 0 spiro atoms. The Hall–Kier alpha value is -0.670. The van der Waals surface area contributed by atoms with Crippen LogP contribution in [0.2, 0.25) is 0 Å². The van der Waals surface area contributed by atoms with Crippen LogP contribution < -0.4 is 4.74 Å². The quantitative estimate of drug-likeness (QED) is 0.774. The van der Waals surface area contributed by atoms with Gasteiger partial charge in [0, 0.05) is 11.3 Å². The van der Waals surface area contributed by atoms with Crippen LogP contribution in [0.4, 0.5) is 0 Å². The zero-order valence-electron chi connectivity index (χ0n) is 10.2. The molecule has 1 rings (SSSR count). The lowest BCUT2D eigenvalue weighted by Gasteiger charge is -2.14. The number of ether oxygens (including phenoxy) is 1. The van der Waals surface area contributed by atoms with Gasteiger partial charge in [-0.15, -0.1) is 0 Å². The molecule has 16 heavy (non-hydrogen) atoms. The zero-order chi connectivity index (χ0) is 12.0. The van der Waals surface area contributed by atoms with Crippen molar-refractivity contribution >= 4 is 11.8 Å². The van der Waals surface area contributed by atoms with Crippen molar-refractivity contribution in [3.8, 4) is 5.75 Å². The van der Waals surface area contributed by atoms with E-state index in [0.29, 0.717) is 6.61 Å². The van der Waals surface area contributed by atoms with Crippen LogP contribution in [0.1, 0.15) is 31.1 Å². The average Bonchev–Trinajstić information content (AvgIpc) is 2.24. The fourth-order valence-corrected chi connectivity index (χ4v) is 1.96. The van der Waals surface area contributed by atoms with E-state index < -0.39 is 6.10 Å². The lowest BCUT2D eigenvalue weighted by atomic mass is 10.1. The standard InChI is InChI=1S/C13H20O2S/c1-4-16-8-7-15-13-9-10(2)5-6-12(13)11(3)14/h5-6,9,11,14H,4,7-8H2,1-3H3/t11-/m1/s1. The fourth-order valence-electron chi connectivity index (χ4n) is 1.47. The van der Waals surface area contributed by atoms with Gasteiger partial charge in [-0.3, -0.25) is 0 Å². The predicted molar refractivity (Wildman–Crippen MR) is 70.3 cm³/mol. The molecule has 3 heteroatoms. The summed E-state index contributed by atoms with van der Waals surface area (Å²) in [5, 5.41) is 9.61. The summed E-state index contributed by atoms with van der Waals surface area (Å²) in [7, 11) is 0. The second kappa shape index (κ2) is 6.81. The van der Waals surface area contributed by atoms with E-state index in [1.54, 1.807) is 6.92 Å². The third kappa shape index (κ3) is 4.06. The Balaban J connectivity index is 2.65. The molecule has 0 radical (unpaired) electrons. The van der Waals surface area contributed by atoms with Gasteiger partial charge in [0.2, 0.25) is 0 Å². The maximum Gasteiger partial charge on any atom is 0.125 e. The van der Waals surface area contributed by atoms with Gasteiger partial charge in [-0.1, -0.05) is 19.1 Å². The van der Waals surface area contributed by atoms with Crippen molar-refractivity contribution in [2.24, 2.45) is 0 Å². The molecule has 0 aliphatic carbocycles. The molecule has 2 nitrogen and oxygen atoms in total. The number of thioether (sulfide) groups is 1. The number of hydrogen-bond acceptors (Lipinski definition) is 3. The van der Waals surface area contributed by atoms with Gasteiger partial charge in [0.05, 0.1) is 12.7 Å². The van der Waals surface area contributed by atoms with Gasteiger partial charge in [-0.05, 0) is 31.2 Å². The Bertz CT molecular complexity index is 324. The lowest BCUT2D eigenvalue weighted by molar-refractivity contribution is 0.192. The molecule has 0 aromatic heterocycles. The summed E-state index contributed by atoms with van der Waals surface area (Å²) in [6.07, 6.45) is -0.477. The van der Waals surface area contributed by atoms with Crippen LogP contribution in [0.5, 0.6) is 5.75 Å². The van der Waals surface area contributed by atoms with Gasteiger partial charge >= 0.3 is 0 Å². The van der Waals surface area contributed by atoms with E-state index in [-0.39, 0.29) is 0 Å². The first-order valence-corrected chi connectivity index (χ1v) is 6.79. The summed E-state index contributed by atoms with van der Waals surface area (Å²) < 4.78 is 5.70. The minimum atomic E-state index is -0.477. The molecule has 0 saturated heterocycles. The van der Waals surface area contributed by atoms with Gasteiger partial charge in [0.1, 0.15) is 5.75 Å². The van der Waals surface area contributed by atoms with Gasteiger partial charge in [-0.25, -0.2) is 0 Å². The van der Waals surface area contributed by atoms with Gasteiger partial charge in [0.15, 0.2) is 0 Å². The predicted octanol–water partition coefficient (Wildman–Crippen LogP) is 3.18. The molecule has 0 aliphatic rings. The summed E-state index contributed by atoms with van der Waals surface area (Å²) in [6, 6.07) is 5.91. The monoisotopic (exact) mass is 240 g/mol. The summed E-state index contributed by atoms with van der Waals surface area (Å²) in [6.45, 7) is 6.62. The van der Waals surface area contributed by atoms with E-state index in [0.717, 1.165) is 28.4 Å². The second-order valence-corrected chi connectivity index (χ2v) is 5.16. The molecule has 0 saturated carbocycles. The Morgan fingerprint density at radius 1 is 1.44 bits per heavy atom. The fraction of sp³-hybridized carbons (Fsp3) is 0.538. The van der Waals surface area contributed by atoms with Crippen LogP contribution in [0.3, 0.4) is 0 Å². The molecule has 1 aromatic rings. The SMILES string of the molecule is CCSCCOc1cc(C)ccc1[C@@H](C)O. The number of hydrogen-bond donors (Lipinski definition) is 1. The van der Waals surface area contributed by atoms with Crippen molar-refractivity contribution in [1.82, 2.24) is 0 Å². The average molecular weight is 240 g/mol. The molecule has 1 aromatic carbocycles. The molecule has 0 bridgehead atoms. The lowest BCUT2D eigenvalue weighted by Crippen LogP contribution is -2.04. The highest BCUT2D eigenvalue weighted by Crippen LogP contribution is 2.26. The first-order chi connectivity index (χ1) is 7.65. The summed E-state index contributed by atoms with van der Waals surface area (Å²) >= 11 is 1.86. The van der Waals surface area contributed by atoms with E-state index in [9.17, 15) is 5.11 Å². The second-order valence-electron chi connectivity index (χ2n) is 3.76. The smallest absolute Gasteiger partial charge is 0.125 e. The molecule has 0 heterocycles. The number of aliphatic hydroxyl groups excluding tert-OH is 1. The van der Waals surface area contributed by atoms with Crippen LogP contribution in [0.25, 0.3) is 0 Å². The molecular formula is C13H20O2S. The van der Waals surface area contributed by atoms with Crippen LogP contribution >= 0.6 is 11.8 Å². The van der Waals surface area contributed by atoms with E-state index in [4.69, 9.17) is 4.74 Å². The highest BCUT2D eigenvalue weighted by Gasteiger charge is 2.08. The van der Waals surface area contributed by atoms with E-state index in [1.165, 1.54) is 0 Å². The normalized spacial score (nSPS) is 12.5. The third-order valence-corrected chi connectivity index (χ3v) is 3.17. The summed E-state index contributed by atoms with van der Waals surface area (Å²) in [5.41, 5.74) is 2.02. The molecule has 0 unspecified atom stereocenters. The summed E-state index contributed by atoms with van der Waals surface area (Å²) in [5.74, 6) is 2.91. The number of rotatable bonds is 6. The van der Waals surface area contributed by atoms with Crippen molar-refractivity contribution in [2.75, 3.05) is 18.1 Å². The van der Waals surface area contributed by atoms with E-state index >= 15 is 0 Å². The Morgan fingerprint density at radius 3 is 2.81 bits per heavy atom. The van der Waals surface area contributed by atoms with Crippen LogP contribution in [-0.4, -0.2) is 23.2 Å². The Kier molecular flexibility index (Phi) is 5.71. The van der Waals surface area contributed by atoms with E-state index in [1.807, 2.05) is 36.9 Å². The van der Waals surface area contributed by atoms with Crippen LogP contribution in [0.15, 0.2) is 18.2 Å². The minimum Gasteiger partial charge on any atom is -0.492 e. The van der Waals surface area contributed by atoms with Crippen LogP contribution in [0, 0.1) is 6.92 Å². The molecule has 1 N–H and O–H groups in total. The maximum atomic E-state index is 9.61. The van der Waals surface area contributed by atoms with Gasteiger partial charge < -0.3 is 9.84 Å². The first kappa shape index (κ1) is 13.4. The first-order valence-electron chi connectivity index (χ1n) is 5.64. The van der Waals surface area contributed by atoms with Crippen molar-refractivity contribution in [1.29, 1.82) is 0 Å². The molecular weight excluding hydrogens is 220 g/mol. The Labute approximate surface area is 102 Å². The van der Waals surface area contributed by atoms with Crippen molar-refractivity contribution < 1.29 is 9.84 Å². The Morgan fingerprint density at radius 2 is 2.19 bits per heavy atom. The minimum absolute atomic E-state index is 0.477. The van der Waals surface area contributed by atoms with Crippen molar-refractivity contribution in [3.05, 3.63) is 29.3 Å². The van der Waals surface area contributed by atoms with Crippen LogP contribution in [-0.2, 0) is 0 Å². The number of aliphatic hydroxyl groups is 1. The highest BCUT2D eigenvalue weighted by molar-refractivity contribution is 7.99. The topological polar surface area (TPSA) is 29.5 Å². The number of aryl methyl sites for hydroxylation is 1. The zero-order valence-corrected chi connectivity index (χ0v) is 11.0. The summed E-state index contributed by atoms with van der Waals surface area (Å²) in [4.78, 5) is 0. The maximum absolute atomic E-state index is 9.61.